The van der Waals surface area contributed by atoms with Crippen LogP contribution in [0.2, 0.25) is 0 Å². The van der Waals surface area contributed by atoms with E-state index < -0.39 is 5.97 Å². The maximum absolute atomic E-state index is 11.9. The molecule has 1 unspecified atom stereocenters. The van der Waals surface area contributed by atoms with Crippen LogP contribution in [0.1, 0.15) is 88.1 Å². The van der Waals surface area contributed by atoms with E-state index in [1.54, 1.807) is 12.4 Å². The van der Waals surface area contributed by atoms with E-state index in [0.29, 0.717) is 5.82 Å². The van der Waals surface area contributed by atoms with Crippen molar-refractivity contribution >= 4 is 11.5 Å². The fourth-order valence-corrected chi connectivity index (χ4v) is 3.47. The van der Waals surface area contributed by atoms with Gasteiger partial charge in [0.1, 0.15) is 5.57 Å². The molecule has 0 bridgehead atoms. The standard InChI is InChI=1S/C25H34N2O2/c1-3-5-7-8-10-13-20-18-26-24(27-19-20)23(25(28)29)17-22(14-6-4-2)21-15-11-9-12-16-21/h9,11-12,15-19,22H,3-8,10,13-14H2,1-2H3,(H,28,29)/b23-17+. The summed E-state index contributed by atoms with van der Waals surface area (Å²) in [6, 6.07) is 10.1. The van der Waals surface area contributed by atoms with Crippen LogP contribution < -0.4 is 0 Å². The first-order chi connectivity index (χ1) is 14.2. The highest BCUT2D eigenvalue weighted by Crippen LogP contribution is 2.27. The number of aromatic nitrogens is 2. The van der Waals surface area contributed by atoms with E-state index in [9.17, 15) is 9.90 Å². The van der Waals surface area contributed by atoms with Crippen molar-refractivity contribution < 1.29 is 9.90 Å². The maximum Gasteiger partial charge on any atom is 0.339 e. The minimum Gasteiger partial charge on any atom is -0.478 e. The fraction of sp³-hybridized carbons (Fsp3) is 0.480. The lowest BCUT2D eigenvalue weighted by atomic mass is 9.91. The molecule has 1 atom stereocenters. The Balaban J connectivity index is 2.15. The Morgan fingerprint density at radius 2 is 1.62 bits per heavy atom. The molecule has 0 aliphatic carbocycles. The SMILES string of the molecule is CCCCCCCc1cnc(/C(=C\C(CCCC)c2ccccc2)C(=O)O)nc1. The van der Waals surface area contributed by atoms with Crippen molar-refractivity contribution in [3.63, 3.8) is 0 Å². The molecular formula is C25H34N2O2. The summed E-state index contributed by atoms with van der Waals surface area (Å²) in [6.45, 7) is 4.36. The van der Waals surface area contributed by atoms with Crippen LogP contribution in [0.25, 0.3) is 5.57 Å². The molecule has 2 rings (SSSR count). The molecule has 156 valence electrons. The average Bonchev–Trinajstić information content (AvgIpc) is 2.75. The highest BCUT2D eigenvalue weighted by atomic mass is 16.4. The van der Waals surface area contributed by atoms with E-state index in [1.807, 2.05) is 24.3 Å². The van der Waals surface area contributed by atoms with Gasteiger partial charge in [0.2, 0.25) is 0 Å². The molecule has 2 aromatic rings. The molecule has 0 aliphatic rings. The third-order valence-corrected chi connectivity index (χ3v) is 5.21. The zero-order valence-corrected chi connectivity index (χ0v) is 17.8. The first kappa shape index (κ1) is 22.8. The van der Waals surface area contributed by atoms with E-state index in [-0.39, 0.29) is 11.5 Å². The minimum atomic E-state index is -0.977. The largest absolute Gasteiger partial charge is 0.478 e. The Bertz CT molecular complexity index is 754. The first-order valence-electron chi connectivity index (χ1n) is 11.0. The van der Waals surface area contributed by atoms with Gasteiger partial charge in [0, 0.05) is 18.3 Å². The number of aryl methyl sites for hydroxylation is 1. The Morgan fingerprint density at radius 1 is 0.966 bits per heavy atom. The number of nitrogens with zero attached hydrogens (tertiary/aromatic N) is 2. The highest BCUT2D eigenvalue weighted by Gasteiger charge is 2.18. The van der Waals surface area contributed by atoms with Gasteiger partial charge in [0.15, 0.2) is 5.82 Å². The summed E-state index contributed by atoms with van der Waals surface area (Å²) in [5.41, 5.74) is 2.38. The number of hydrogen-bond acceptors (Lipinski definition) is 3. The Hall–Kier alpha value is -2.49. The monoisotopic (exact) mass is 394 g/mol. The van der Waals surface area contributed by atoms with Crippen molar-refractivity contribution in [2.24, 2.45) is 0 Å². The number of benzene rings is 1. The summed E-state index contributed by atoms with van der Waals surface area (Å²) in [7, 11) is 0. The number of rotatable bonds is 13. The summed E-state index contributed by atoms with van der Waals surface area (Å²) in [6.07, 6.45) is 15.5. The van der Waals surface area contributed by atoms with Gasteiger partial charge in [0.05, 0.1) is 0 Å². The number of aliphatic carboxylic acids is 1. The van der Waals surface area contributed by atoms with Crippen molar-refractivity contribution in [3.8, 4) is 0 Å². The number of hydrogen-bond donors (Lipinski definition) is 1. The molecule has 4 heteroatoms. The van der Waals surface area contributed by atoms with Gasteiger partial charge in [-0.05, 0) is 30.4 Å². The number of carbonyl (C=O) groups is 1. The van der Waals surface area contributed by atoms with Crippen LogP contribution in [0.15, 0.2) is 48.8 Å². The van der Waals surface area contributed by atoms with Crippen molar-refractivity contribution in [2.75, 3.05) is 0 Å². The van der Waals surface area contributed by atoms with Crippen molar-refractivity contribution in [1.82, 2.24) is 9.97 Å². The number of carboxylic acids is 1. The lowest BCUT2D eigenvalue weighted by Gasteiger charge is -2.14. The molecule has 0 amide bonds. The van der Waals surface area contributed by atoms with E-state index in [0.717, 1.165) is 43.2 Å². The number of carboxylic acid groups (broad SMARTS) is 1. The van der Waals surface area contributed by atoms with Crippen LogP contribution in [0.4, 0.5) is 0 Å². The third kappa shape index (κ3) is 7.80. The van der Waals surface area contributed by atoms with Crippen LogP contribution in [0.5, 0.6) is 0 Å². The molecule has 0 saturated heterocycles. The van der Waals surface area contributed by atoms with Gasteiger partial charge in [-0.25, -0.2) is 14.8 Å². The smallest absolute Gasteiger partial charge is 0.339 e. The van der Waals surface area contributed by atoms with Gasteiger partial charge in [-0.15, -0.1) is 0 Å². The quantitative estimate of drug-likeness (QED) is 0.314. The topological polar surface area (TPSA) is 63.1 Å². The Kier molecular flexibility index (Phi) is 10.1. The summed E-state index contributed by atoms with van der Waals surface area (Å²) in [5.74, 6) is -0.636. The second-order valence-corrected chi connectivity index (χ2v) is 7.62. The molecule has 29 heavy (non-hydrogen) atoms. The van der Waals surface area contributed by atoms with Crippen LogP contribution in [0.3, 0.4) is 0 Å². The Morgan fingerprint density at radius 3 is 2.24 bits per heavy atom. The molecule has 4 nitrogen and oxygen atoms in total. The molecule has 1 aromatic carbocycles. The molecule has 0 saturated carbocycles. The Labute approximate surface area is 175 Å². The lowest BCUT2D eigenvalue weighted by molar-refractivity contribution is -0.130. The maximum atomic E-state index is 11.9. The second-order valence-electron chi connectivity index (χ2n) is 7.62. The highest BCUT2D eigenvalue weighted by molar-refractivity contribution is 6.14. The van der Waals surface area contributed by atoms with Crippen LogP contribution in [-0.4, -0.2) is 21.0 Å². The van der Waals surface area contributed by atoms with Crippen LogP contribution in [-0.2, 0) is 11.2 Å². The third-order valence-electron chi connectivity index (χ3n) is 5.21. The number of allylic oxidation sites excluding steroid dienone is 1. The normalized spacial score (nSPS) is 12.7. The molecule has 1 N–H and O–H groups in total. The summed E-state index contributed by atoms with van der Waals surface area (Å²) in [4.78, 5) is 20.7. The molecule has 0 radical (unpaired) electrons. The van der Waals surface area contributed by atoms with Crippen molar-refractivity contribution in [1.29, 1.82) is 0 Å². The molecule has 0 fully saturated rings. The van der Waals surface area contributed by atoms with Gasteiger partial charge in [-0.3, -0.25) is 0 Å². The van der Waals surface area contributed by atoms with E-state index in [4.69, 9.17) is 0 Å². The second kappa shape index (κ2) is 12.9. The summed E-state index contributed by atoms with van der Waals surface area (Å²) < 4.78 is 0. The van der Waals surface area contributed by atoms with Gasteiger partial charge in [0.25, 0.3) is 0 Å². The minimum absolute atomic E-state index is 0.0455. The van der Waals surface area contributed by atoms with Crippen LogP contribution in [0, 0.1) is 0 Å². The molecule has 1 heterocycles. The van der Waals surface area contributed by atoms with Crippen molar-refractivity contribution in [2.45, 2.75) is 77.6 Å². The predicted molar refractivity (Wildman–Crippen MR) is 119 cm³/mol. The van der Waals surface area contributed by atoms with Gasteiger partial charge in [-0.2, -0.15) is 0 Å². The van der Waals surface area contributed by atoms with Crippen molar-refractivity contribution in [3.05, 3.63) is 65.8 Å². The zero-order chi connectivity index (χ0) is 20.9. The van der Waals surface area contributed by atoms with Crippen LogP contribution >= 0.6 is 0 Å². The lowest BCUT2D eigenvalue weighted by Crippen LogP contribution is -2.07. The average molecular weight is 395 g/mol. The predicted octanol–water partition coefficient (Wildman–Crippen LogP) is 6.43. The number of unbranched alkanes of at least 4 members (excludes halogenated alkanes) is 5. The molecule has 0 aliphatic heterocycles. The van der Waals surface area contributed by atoms with E-state index in [2.05, 4.69) is 35.9 Å². The zero-order valence-electron chi connectivity index (χ0n) is 17.8. The van der Waals surface area contributed by atoms with E-state index in [1.165, 1.54) is 25.7 Å². The fourth-order valence-electron chi connectivity index (χ4n) is 3.47. The van der Waals surface area contributed by atoms with Gasteiger partial charge >= 0.3 is 5.97 Å². The summed E-state index contributed by atoms with van der Waals surface area (Å²) >= 11 is 0. The van der Waals surface area contributed by atoms with E-state index >= 15 is 0 Å². The summed E-state index contributed by atoms with van der Waals surface area (Å²) in [5, 5.41) is 9.79. The van der Waals surface area contributed by atoms with Gasteiger partial charge in [-0.1, -0.05) is 88.8 Å². The molecular weight excluding hydrogens is 360 g/mol. The van der Waals surface area contributed by atoms with Gasteiger partial charge < -0.3 is 5.11 Å². The molecule has 1 aromatic heterocycles. The first-order valence-corrected chi connectivity index (χ1v) is 11.0. The molecule has 0 spiro atoms.